The number of rotatable bonds is 2. The molecule has 0 bridgehead atoms. The summed E-state index contributed by atoms with van der Waals surface area (Å²) in [6, 6.07) is 0. The van der Waals surface area contributed by atoms with Gasteiger partial charge in [-0.25, -0.2) is 4.79 Å². The molecular weight excluding hydrogens is 160 g/mol. The monoisotopic (exact) mass is 167 g/mol. The molecule has 1 aliphatic heterocycles. The Morgan fingerprint density at radius 3 is 3.00 bits per heavy atom. The molecular formula is C7H7N2O3. The third-order valence-corrected chi connectivity index (χ3v) is 1.18. The molecule has 12 heavy (non-hydrogen) atoms. The lowest BCUT2D eigenvalue weighted by atomic mass is 10.2. The first-order chi connectivity index (χ1) is 5.75. The molecule has 0 saturated heterocycles. The fourth-order valence-corrected chi connectivity index (χ4v) is 0.683. The van der Waals surface area contributed by atoms with Gasteiger partial charge < -0.3 is 4.74 Å². The highest BCUT2D eigenvalue weighted by Crippen LogP contribution is 2.01. The van der Waals surface area contributed by atoms with Crippen molar-refractivity contribution in [3.05, 3.63) is 11.6 Å². The van der Waals surface area contributed by atoms with Crippen LogP contribution >= 0.6 is 0 Å². The lowest BCUT2D eigenvalue weighted by molar-refractivity contribution is -0.140. The van der Waals surface area contributed by atoms with Crippen LogP contribution in [0.25, 0.3) is 0 Å². The molecule has 0 N–H and O–H groups in total. The largest absolute Gasteiger partial charge is 0.462 e. The maximum atomic E-state index is 11.0. The van der Waals surface area contributed by atoms with Crippen LogP contribution in [-0.2, 0) is 14.3 Å². The molecule has 0 aliphatic carbocycles. The van der Waals surface area contributed by atoms with Crippen molar-refractivity contribution in [3.63, 3.8) is 0 Å². The minimum atomic E-state index is -0.657. The van der Waals surface area contributed by atoms with E-state index in [0.717, 1.165) is 0 Å². The van der Waals surface area contributed by atoms with E-state index in [0.29, 0.717) is 0 Å². The van der Waals surface area contributed by atoms with Crippen LogP contribution in [0.2, 0.25) is 0 Å². The molecule has 0 atom stereocenters. The summed E-state index contributed by atoms with van der Waals surface area (Å²) in [6.07, 6.45) is 2.56. The van der Waals surface area contributed by atoms with Crippen LogP contribution in [-0.4, -0.2) is 24.7 Å². The Kier molecular flexibility index (Phi) is 2.57. The number of carbonyl (C=O) groups excluding carboxylic acids is 2. The third kappa shape index (κ3) is 1.69. The van der Waals surface area contributed by atoms with E-state index < -0.39 is 11.9 Å². The quantitative estimate of drug-likeness (QED) is 0.415. The first-order valence-corrected chi connectivity index (χ1v) is 3.41. The van der Waals surface area contributed by atoms with E-state index in [1.807, 2.05) is 0 Å². The van der Waals surface area contributed by atoms with E-state index in [-0.39, 0.29) is 12.2 Å². The second kappa shape index (κ2) is 3.66. The SMILES string of the molecule is CCOC(=O)C1=CC=N[N]C1=O. The van der Waals surface area contributed by atoms with Crippen molar-refractivity contribution < 1.29 is 14.3 Å². The summed E-state index contributed by atoms with van der Waals surface area (Å²) in [5, 5.41) is 3.32. The van der Waals surface area contributed by atoms with Crippen LogP contribution in [0.4, 0.5) is 0 Å². The van der Waals surface area contributed by atoms with Crippen molar-refractivity contribution in [1.82, 2.24) is 5.43 Å². The number of allylic oxidation sites excluding steroid dienone is 1. The predicted molar refractivity (Wildman–Crippen MR) is 40.3 cm³/mol. The number of carbonyl (C=O) groups is 2. The van der Waals surface area contributed by atoms with E-state index >= 15 is 0 Å². The Balaban J connectivity index is 2.72. The molecule has 1 amide bonds. The number of amides is 1. The van der Waals surface area contributed by atoms with E-state index in [2.05, 4.69) is 15.3 Å². The summed E-state index contributed by atoms with van der Waals surface area (Å²) in [7, 11) is 0. The average molecular weight is 167 g/mol. The van der Waals surface area contributed by atoms with Crippen LogP contribution in [0.1, 0.15) is 6.92 Å². The summed E-state index contributed by atoms with van der Waals surface area (Å²) in [5.41, 5.74) is 3.10. The van der Waals surface area contributed by atoms with Gasteiger partial charge in [0, 0.05) is 0 Å². The third-order valence-electron chi connectivity index (χ3n) is 1.18. The zero-order valence-electron chi connectivity index (χ0n) is 6.48. The molecule has 1 rings (SSSR count). The maximum Gasteiger partial charge on any atom is 0.343 e. The van der Waals surface area contributed by atoms with Gasteiger partial charge in [0.2, 0.25) is 0 Å². The number of esters is 1. The van der Waals surface area contributed by atoms with Gasteiger partial charge in [-0.05, 0) is 13.0 Å². The molecule has 0 aromatic rings. The predicted octanol–water partition coefficient (Wildman–Crippen LogP) is -0.394. The minimum Gasteiger partial charge on any atom is -0.462 e. The Labute approximate surface area is 69.1 Å². The normalized spacial score (nSPS) is 15.1. The second-order valence-corrected chi connectivity index (χ2v) is 1.97. The van der Waals surface area contributed by atoms with Crippen LogP contribution in [0.15, 0.2) is 16.8 Å². The summed E-state index contributed by atoms with van der Waals surface area (Å²) in [4.78, 5) is 21.8. The van der Waals surface area contributed by atoms with Gasteiger partial charge in [0.1, 0.15) is 5.57 Å². The second-order valence-electron chi connectivity index (χ2n) is 1.97. The van der Waals surface area contributed by atoms with Gasteiger partial charge in [0.25, 0.3) is 0 Å². The lowest BCUT2D eigenvalue weighted by Gasteiger charge is -2.04. The highest BCUT2D eigenvalue weighted by molar-refractivity contribution is 6.19. The topological polar surface area (TPSA) is 69.8 Å². The van der Waals surface area contributed by atoms with E-state index in [4.69, 9.17) is 0 Å². The van der Waals surface area contributed by atoms with Crippen LogP contribution in [0.5, 0.6) is 0 Å². The molecule has 0 unspecified atom stereocenters. The molecule has 5 nitrogen and oxygen atoms in total. The van der Waals surface area contributed by atoms with Gasteiger partial charge in [-0.15, -0.1) is 5.43 Å². The van der Waals surface area contributed by atoms with Gasteiger partial charge in [0.15, 0.2) is 0 Å². The highest BCUT2D eigenvalue weighted by Gasteiger charge is 2.21. The van der Waals surface area contributed by atoms with Crippen molar-refractivity contribution >= 4 is 18.1 Å². The molecule has 0 saturated carbocycles. The van der Waals surface area contributed by atoms with Crippen molar-refractivity contribution in [2.75, 3.05) is 6.61 Å². The number of hydrogen-bond donors (Lipinski definition) is 0. The van der Waals surface area contributed by atoms with Crippen LogP contribution in [0, 0.1) is 0 Å². The van der Waals surface area contributed by atoms with Crippen LogP contribution in [0.3, 0.4) is 0 Å². The van der Waals surface area contributed by atoms with Gasteiger partial charge in [0.05, 0.1) is 12.8 Å². The van der Waals surface area contributed by atoms with Crippen LogP contribution < -0.4 is 5.43 Å². The molecule has 1 aliphatic rings. The maximum absolute atomic E-state index is 11.0. The van der Waals surface area contributed by atoms with E-state index in [1.54, 1.807) is 6.92 Å². The molecule has 63 valence electrons. The standard InChI is InChI=1S/C7H7N2O3/c1-2-12-7(11)5-3-4-8-9-6(5)10/h3-4H,2H2,1H3. The fraction of sp³-hybridized carbons (Fsp3) is 0.286. The summed E-state index contributed by atoms with van der Waals surface area (Å²) in [6.45, 7) is 1.90. The summed E-state index contributed by atoms with van der Waals surface area (Å²) < 4.78 is 4.60. The average Bonchev–Trinajstić information content (AvgIpc) is 2.05. The number of hydrogen-bond acceptors (Lipinski definition) is 4. The first-order valence-electron chi connectivity index (χ1n) is 3.41. The number of nitrogens with zero attached hydrogens (tertiary/aromatic N) is 2. The van der Waals surface area contributed by atoms with Gasteiger partial charge in [-0.3, -0.25) is 4.79 Å². The Hall–Kier alpha value is -1.65. The van der Waals surface area contributed by atoms with Crippen molar-refractivity contribution in [2.45, 2.75) is 6.92 Å². The smallest absolute Gasteiger partial charge is 0.343 e. The zero-order valence-corrected chi connectivity index (χ0v) is 6.48. The van der Waals surface area contributed by atoms with Crippen molar-refractivity contribution in [2.24, 2.45) is 5.10 Å². The Bertz CT molecular complexity index is 268. The minimum absolute atomic E-state index is 0.0770. The highest BCUT2D eigenvalue weighted by atomic mass is 16.5. The molecule has 0 fully saturated rings. The molecule has 5 heteroatoms. The molecule has 1 heterocycles. The Morgan fingerprint density at radius 2 is 2.42 bits per heavy atom. The Morgan fingerprint density at radius 1 is 1.67 bits per heavy atom. The molecule has 0 aromatic heterocycles. The summed E-state index contributed by atoms with van der Waals surface area (Å²) >= 11 is 0. The van der Waals surface area contributed by atoms with Gasteiger partial charge in [-0.2, -0.15) is 5.10 Å². The zero-order chi connectivity index (χ0) is 8.97. The lowest BCUT2D eigenvalue weighted by Crippen LogP contribution is -2.23. The van der Waals surface area contributed by atoms with E-state index in [9.17, 15) is 9.59 Å². The van der Waals surface area contributed by atoms with Crippen molar-refractivity contribution in [3.8, 4) is 0 Å². The molecule has 1 radical (unpaired) electrons. The summed E-state index contributed by atoms with van der Waals surface area (Å²) in [5.74, 6) is -1.31. The van der Waals surface area contributed by atoms with E-state index in [1.165, 1.54) is 12.3 Å². The fourth-order valence-electron chi connectivity index (χ4n) is 0.683. The first kappa shape index (κ1) is 8.45. The molecule has 0 aromatic carbocycles. The number of ether oxygens (including phenoxy) is 1. The molecule has 0 spiro atoms. The van der Waals surface area contributed by atoms with Gasteiger partial charge in [-0.1, -0.05) is 0 Å². The van der Waals surface area contributed by atoms with Crippen molar-refractivity contribution in [1.29, 1.82) is 0 Å². The van der Waals surface area contributed by atoms with Gasteiger partial charge >= 0.3 is 11.9 Å².